The molecule has 2 aromatic rings. The predicted octanol–water partition coefficient (Wildman–Crippen LogP) is 2.92. The second-order valence-corrected chi connectivity index (χ2v) is 5.11. The molecule has 23 heavy (non-hydrogen) atoms. The summed E-state index contributed by atoms with van der Waals surface area (Å²) in [6.07, 6.45) is 0.0195. The zero-order chi connectivity index (χ0) is 16.7. The maximum atomic E-state index is 11.5. The molecule has 1 atom stereocenters. The van der Waals surface area contributed by atoms with Gasteiger partial charge in [-0.2, -0.15) is 0 Å². The number of phenolic OH excluding ortho intramolecular Hbond substituents is 1. The quantitative estimate of drug-likeness (QED) is 0.768. The molecular formula is C18H21NO4. The molecule has 2 rings (SSSR count). The SMILES string of the molecule is CCOC(=O)C[C@H](N)c1ccc(OCc2ccccc2)cc1O. The molecule has 2 aromatic carbocycles. The Balaban J connectivity index is 1.98. The molecular weight excluding hydrogens is 294 g/mol. The van der Waals surface area contributed by atoms with E-state index in [0.717, 1.165) is 5.56 Å². The van der Waals surface area contributed by atoms with Crippen LogP contribution in [0.2, 0.25) is 0 Å². The van der Waals surface area contributed by atoms with Crippen LogP contribution in [0.4, 0.5) is 0 Å². The Labute approximate surface area is 135 Å². The second-order valence-electron chi connectivity index (χ2n) is 5.11. The second kappa shape index (κ2) is 8.19. The van der Waals surface area contributed by atoms with Crippen molar-refractivity contribution in [3.05, 3.63) is 59.7 Å². The van der Waals surface area contributed by atoms with Crippen molar-refractivity contribution >= 4 is 5.97 Å². The smallest absolute Gasteiger partial charge is 0.307 e. The van der Waals surface area contributed by atoms with Gasteiger partial charge in [0.1, 0.15) is 18.1 Å². The first-order valence-corrected chi connectivity index (χ1v) is 7.51. The minimum absolute atomic E-state index is 0.00681. The van der Waals surface area contributed by atoms with Crippen molar-refractivity contribution in [2.24, 2.45) is 5.73 Å². The number of carbonyl (C=O) groups is 1. The van der Waals surface area contributed by atoms with E-state index in [1.165, 1.54) is 6.07 Å². The van der Waals surface area contributed by atoms with Gasteiger partial charge in [0.25, 0.3) is 0 Å². The summed E-state index contributed by atoms with van der Waals surface area (Å²) in [6, 6.07) is 14.0. The lowest BCUT2D eigenvalue weighted by Gasteiger charge is -2.14. The fraction of sp³-hybridized carbons (Fsp3) is 0.278. The van der Waals surface area contributed by atoms with E-state index < -0.39 is 6.04 Å². The molecule has 3 N–H and O–H groups in total. The van der Waals surface area contributed by atoms with Gasteiger partial charge in [-0.15, -0.1) is 0 Å². The monoisotopic (exact) mass is 315 g/mol. The molecule has 0 aliphatic rings. The van der Waals surface area contributed by atoms with Crippen LogP contribution < -0.4 is 10.5 Å². The Morgan fingerprint density at radius 1 is 1.22 bits per heavy atom. The van der Waals surface area contributed by atoms with E-state index in [4.69, 9.17) is 15.2 Å². The van der Waals surface area contributed by atoms with E-state index in [-0.39, 0.29) is 18.1 Å². The molecule has 0 amide bonds. The average molecular weight is 315 g/mol. The predicted molar refractivity (Wildman–Crippen MR) is 87.1 cm³/mol. The van der Waals surface area contributed by atoms with Crippen LogP contribution in [0.1, 0.15) is 30.5 Å². The molecule has 0 unspecified atom stereocenters. The molecule has 0 fully saturated rings. The highest BCUT2D eigenvalue weighted by Crippen LogP contribution is 2.29. The van der Waals surface area contributed by atoms with Crippen molar-refractivity contribution in [2.45, 2.75) is 26.0 Å². The topological polar surface area (TPSA) is 81.8 Å². The minimum atomic E-state index is -0.614. The first-order chi connectivity index (χ1) is 11.1. The number of rotatable bonds is 7. The summed E-state index contributed by atoms with van der Waals surface area (Å²) in [7, 11) is 0. The normalized spacial score (nSPS) is 11.7. The van der Waals surface area contributed by atoms with E-state index >= 15 is 0 Å². The standard InChI is InChI=1S/C18H21NO4/c1-2-22-18(21)11-16(19)15-9-8-14(10-17(15)20)23-12-13-6-4-3-5-7-13/h3-10,16,20H,2,11-12,19H2,1H3/t16-/m0/s1. The Morgan fingerprint density at radius 3 is 2.61 bits per heavy atom. The summed E-state index contributed by atoms with van der Waals surface area (Å²) in [5.74, 6) is 0.162. The fourth-order valence-corrected chi connectivity index (χ4v) is 2.18. The van der Waals surface area contributed by atoms with Gasteiger partial charge in [-0.3, -0.25) is 4.79 Å². The van der Waals surface area contributed by atoms with E-state index in [9.17, 15) is 9.90 Å². The Kier molecular flexibility index (Phi) is 6.00. The Bertz CT molecular complexity index is 643. The van der Waals surface area contributed by atoms with Gasteiger partial charge in [-0.25, -0.2) is 0 Å². The molecule has 122 valence electrons. The van der Waals surface area contributed by atoms with Gasteiger partial charge in [0.2, 0.25) is 0 Å². The van der Waals surface area contributed by atoms with Crippen LogP contribution >= 0.6 is 0 Å². The van der Waals surface area contributed by atoms with E-state index in [0.29, 0.717) is 24.5 Å². The van der Waals surface area contributed by atoms with Crippen molar-refractivity contribution in [2.75, 3.05) is 6.61 Å². The van der Waals surface area contributed by atoms with Crippen molar-refractivity contribution in [1.29, 1.82) is 0 Å². The lowest BCUT2D eigenvalue weighted by molar-refractivity contribution is -0.143. The maximum absolute atomic E-state index is 11.5. The molecule has 0 bridgehead atoms. The lowest BCUT2D eigenvalue weighted by atomic mass is 10.0. The average Bonchev–Trinajstić information content (AvgIpc) is 2.54. The van der Waals surface area contributed by atoms with E-state index in [1.54, 1.807) is 19.1 Å². The maximum Gasteiger partial charge on any atom is 0.307 e. The molecule has 5 nitrogen and oxygen atoms in total. The largest absolute Gasteiger partial charge is 0.507 e. The van der Waals surface area contributed by atoms with Gasteiger partial charge in [-0.05, 0) is 18.6 Å². The van der Waals surface area contributed by atoms with Crippen LogP contribution in [0, 0.1) is 0 Å². The van der Waals surface area contributed by atoms with Crippen LogP contribution in [0.25, 0.3) is 0 Å². The summed E-state index contributed by atoms with van der Waals surface area (Å²) in [5.41, 5.74) is 7.47. The van der Waals surface area contributed by atoms with E-state index in [1.807, 2.05) is 30.3 Å². The van der Waals surface area contributed by atoms with Gasteiger partial charge < -0.3 is 20.3 Å². The summed E-state index contributed by atoms with van der Waals surface area (Å²) < 4.78 is 10.5. The molecule has 0 spiro atoms. The molecule has 0 heterocycles. The first-order valence-electron chi connectivity index (χ1n) is 7.51. The van der Waals surface area contributed by atoms with E-state index in [2.05, 4.69) is 0 Å². The minimum Gasteiger partial charge on any atom is -0.507 e. The molecule has 5 heteroatoms. The lowest BCUT2D eigenvalue weighted by Crippen LogP contribution is -2.17. The highest BCUT2D eigenvalue weighted by Gasteiger charge is 2.16. The van der Waals surface area contributed by atoms with Crippen LogP contribution in [-0.4, -0.2) is 17.7 Å². The number of nitrogens with two attached hydrogens (primary N) is 1. The molecule has 0 radical (unpaired) electrons. The van der Waals surface area contributed by atoms with Crippen molar-refractivity contribution in [3.63, 3.8) is 0 Å². The zero-order valence-electron chi connectivity index (χ0n) is 13.1. The zero-order valence-corrected chi connectivity index (χ0v) is 13.1. The third-order valence-electron chi connectivity index (χ3n) is 3.34. The molecule has 0 aliphatic heterocycles. The van der Waals surface area contributed by atoms with Gasteiger partial charge in [0.05, 0.1) is 13.0 Å². The molecule has 0 aliphatic carbocycles. The third kappa shape index (κ3) is 5.00. The number of aromatic hydroxyl groups is 1. The van der Waals surface area contributed by atoms with Crippen LogP contribution in [0.3, 0.4) is 0 Å². The summed E-state index contributed by atoms with van der Waals surface area (Å²) >= 11 is 0. The third-order valence-corrected chi connectivity index (χ3v) is 3.34. The summed E-state index contributed by atoms with van der Waals surface area (Å²) in [6.45, 7) is 2.46. The number of esters is 1. The van der Waals surface area contributed by atoms with Crippen LogP contribution in [0.5, 0.6) is 11.5 Å². The first kappa shape index (κ1) is 16.8. The van der Waals surface area contributed by atoms with Crippen LogP contribution in [0.15, 0.2) is 48.5 Å². The molecule has 0 aromatic heterocycles. The van der Waals surface area contributed by atoms with Crippen molar-refractivity contribution in [1.82, 2.24) is 0 Å². The molecule has 0 saturated carbocycles. The number of carbonyl (C=O) groups excluding carboxylic acids is 1. The Morgan fingerprint density at radius 2 is 1.96 bits per heavy atom. The van der Waals surface area contributed by atoms with Gasteiger partial charge in [0.15, 0.2) is 0 Å². The highest BCUT2D eigenvalue weighted by molar-refractivity contribution is 5.70. The number of benzene rings is 2. The van der Waals surface area contributed by atoms with Crippen LogP contribution in [-0.2, 0) is 16.1 Å². The number of phenols is 1. The van der Waals surface area contributed by atoms with Gasteiger partial charge in [-0.1, -0.05) is 36.4 Å². The van der Waals surface area contributed by atoms with Crippen molar-refractivity contribution < 1.29 is 19.4 Å². The van der Waals surface area contributed by atoms with Gasteiger partial charge in [0, 0.05) is 17.7 Å². The van der Waals surface area contributed by atoms with Crippen molar-refractivity contribution in [3.8, 4) is 11.5 Å². The Hall–Kier alpha value is -2.53. The highest BCUT2D eigenvalue weighted by atomic mass is 16.5. The number of hydrogen-bond donors (Lipinski definition) is 2. The summed E-state index contributed by atoms with van der Waals surface area (Å²) in [4.78, 5) is 11.5. The number of ether oxygens (including phenoxy) is 2. The number of hydrogen-bond acceptors (Lipinski definition) is 5. The van der Waals surface area contributed by atoms with Gasteiger partial charge >= 0.3 is 5.97 Å². The molecule has 0 saturated heterocycles. The summed E-state index contributed by atoms with van der Waals surface area (Å²) in [5, 5.41) is 10.1. The fourth-order valence-electron chi connectivity index (χ4n) is 2.18.